The van der Waals surface area contributed by atoms with E-state index in [4.69, 9.17) is 37.9 Å². The van der Waals surface area contributed by atoms with Gasteiger partial charge in [-0.15, -0.1) is 0 Å². The van der Waals surface area contributed by atoms with Crippen LogP contribution in [0.5, 0.6) is 0 Å². The van der Waals surface area contributed by atoms with Crippen molar-refractivity contribution in [3.63, 3.8) is 0 Å². The Morgan fingerprint density at radius 2 is 1.42 bits per heavy atom. The number of hydrogen-bond donors (Lipinski definition) is 2. The molecular weight excluding hydrogens is 840 g/mol. The topological polar surface area (TPSA) is 260 Å². The van der Waals surface area contributed by atoms with Gasteiger partial charge in [0.2, 0.25) is 0 Å². The van der Waals surface area contributed by atoms with E-state index in [1.807, 2.05) is 0 Å². The first-order valence-corrected chi connectivity index (χ1v) is 20.5. The lowest BCUT2D eigenvalue weighted by molar-refractivity contribution is -0.384. The fraction of sp³-hybridized carbons (Fsp3) is 0.489. The molecule has 19 nitrogen and oxygen atoms in total. The van der Waals surface area contributed by atoms with E-state index in [0.717, 1.165) is 33.9 Å². The first kappa shape index (κ1) is 45.7. The van der Waals surface area contributed by atoms with Crippen LogP contribution in [0.3, 0.4) is 0 Å². The molecule has 2 N–H and O–H groups in total. The highest BCUT2D eigenvalue weighted by Gasteiger charge is 2.91. The Bertz CT molecular complexity index is 2340. The minimum absolute atomic E-state index is 0.0287. The normalized spacial score (nSPS) is 35.3. The molecule has 1 spiro atoms. The van der Waals surface area contributed by atoms with Crippen LogP contribution >= 0.6 is 0 Å². The maximum atomic E-state index is 14.5. The van der Waals surface area contributed by atoms with Crippen LogP contribution in [0.15, 0.2) is 73.2 Å². The Kier molecular flexibility index (Phi) is 12.1. The molecule has 2 saturated carbocycles. The van der Waals surface area contributed by atoms with E-state index in [0.29, 0.717) is 0 Å². The van der Waals surface area contributed by atoms with Gasteiger partial charge in [0.15, 0.2) is 17.8 Å². The van der Waals surface area contributed by atoms with E-state index in [1.54, 1.807) is 25.1 Å². The van der Waals surface area contributed by atoms with Crippen molar-refractivity contribution in [3.05, 3.63) is 95.6 Å². The van der Waals surface area contributed by atoms with Gasteiger partial charge >= 0.3 is 41.8 Å². The predicted molar refractivity (Wildman–Crippen MR) is 214 cm³/mol. The molecular formula is C45H48N2O17. The van der Waals surface area contributed by atoms with E-state index >= 15 is 0 Å². The number of ether oxygens (including phenoxy) is 8. The maximum absolute atomic E-state index is 14.5. The van der Waals surface area contributed by atoms with E-state index in [2.05, 4.69) is 9.97 Å². The molecule has 2 aliphatic heterocycles. The van der Waals surface area contributed by atoms with Crippen LogP contribution in [0.1, 0.15) is 91.2 Å². The van der Waals surface area contributed by atoms with Crippen LogP contribution in [0.25, 0.3) is 0 Å². The SMILES string of the molecule is CC(=O)OC[C@]12[C@H](OC(=O)c3cccnc3)[C@H](O)[C@@H]3OC(=O)[C@H](C)[C@H](C)c4ncccc4C(=O)OC[C@@]4(C)O[C@@]1([C@H](OC(=O)c1ccccc1)C4[C@@H](OC(C)=O)[C@H]2OC(C)=O)[C@@]3(C)O. The van der Waals surface area contributed by atoms with Crippen molar-refractivity contribution in [1.29, 1.82) is 0 Å². The summed E-state index contributed by atoms with van der Waals surface area (Å²) in [6.45, 7) is 6.68. The number of hydrogen-bond acceptors (Lipinski definition) is 19. The molecule has 19 heteroatoms. The second-order valence-corrected chi connectivity index (χ2v) is 16.9. The maximum Gasteiger partial charge on any atom is 0.340 e. The van der Waals surface area contributed by atoms with Gasteiger partial charge in [-0.05, 0) is 50.2 Å². The summed E-state index contributed by atoms with van der Waals surface area (Å²) in [6, 6.07) is 13.2. The van der Waals surface area contributed by atoms with Crippen molar-refractivity contribution in [2.75, 3.05) is 13.2 Å². The monoisotopic (exact) mass is 888 g/mol. The Labute approximate surface area is 366 Å². The summed E-state index contributed by atoms with van der Waals surface area (Å²) < 4.78 is 49.7. The Balaban J connectivity index is 1.61. The molecule has 7 rings (SSSR count). The van der Waals surface area contributed by atoms with Crippen molar-refractivity contribution in [1.82, 2.24) is 9.97 Å². The summed E-state index contributed by atoms with van der Waals surface area (Å²) in [5.41, 5.74) is -10.6. The molecule has 340 valence electrons. The summed E-state index contributed by atoms with van der Waals surface area (Å²) in [7, 11) is 0. The molecule has 4 aliphatic rings. The molecule has 4 bridgehead atoms. The molecule has 1 unspecified atom stereocenters. The van der Waals surface area contributed by atoms with Crippen LogP contribution in [0, 0.1) is 17.3 Å². The molecule has 3 aromatic rings. The largest absolute Gasteiger partial charge is 0.465 e. The quantitative estimate of drug-likeness (QED) is 0.243. The van der Waals surface area contributed by atoms with E-state index in [9.17, 15) is 43.8 Å². The number of carbonyl (C=O) groups is 7. The van der Waals surface area contributed by atoms with Gasteiger partial charge in [-0.1, -0.05) is 32.0 Å². The molecule has 64 heavy (non-hydrogen) atoms. The lowest BCUT2D eigenvalue weighted by Gasteiger charge is -2.67. The minimum atomic E-state index is -2.89. The van der Waals surface area contributed by atoms with Crippen LogP contribution in [0.2, 0.25) is 0 Å². The average molecular weight is 889 g/mol. The van der Waals surface area contributed by atoms with Crippen LogP contribution in [-0.4, -0.2) is 129 Å². The van der Waals surface area contributed by atoms with Crippen LogP contribution in [-0.2, 0) is 57.1 Å². The number of benzene rings is 1. The number of fused-ring (bicyclic) bond motifs is 5. The molecule has 1 aromatic carbocycles. The first-order chi connectivity index (χ1) is 30.2. The number of aliphatic hydroxyl groups excluding tert-OH is 1. The van der Waals surface area contributed by atoms with Gasteiger partial charge in [-0.2, -0.15) is 0 Å². The fourth-order valence-electron chi connectivity index (χ4n) is 10.0. The third kappa shape index (κ3) is 7.34. The number of cyclic esters (lactones) is 1. The molecule has 4 heterocycles. The highest BCUT2D eigenvalue weighted by atomic mass is 16.7. The summed E-state index contributed by atoms with van der Waals surface area (Å²) in [4.78, 5) is 106. The van der Waals surface area contributed by atoms with Crippen LogP contribution < -0.4 is 0 Å². The summed E-state index contributed by atoms with van der Waals surface area (Å²) in [5.74, 6) is -10.9. The Hall–Kier alpha value is -6.31. The van der Waals surface area contributed by atoms with Gasteiger partial charge in [-0.25, -0.2) is 14.4 Å². The number of nitrogens with zero attached hydrogens (tertiary/aromatic N) is 2. The van der Waals surface area contributed by atoms with Crippen LogP contribution in [0.4, 0.5) is 0 Å². The molecule has 13 atom stereocenters. The van der Waals surface area contributed by atoms with Gasteiger partial charge in [0, 0.05) is 45.3 Å². The fourth-order valence-corrected chi connectivity index (χ4v) is 10.0. The number of aliphatic hydroxyl groups is 2. The summed E-state index contributed by atoms with van der Waals surface area (Å²) >= 11 is 0. The first-order valence-electron chi connectivity index (χ1n) is 20.5. The van der Waals surface area contributed by atoms with Crippen molar-refractivity contribution in [2.45, 2.75) is 108 Å². The summed E-state index contributed by atoms with van der Waals surface area (Å²) in [5, 5.41) is 26.4. The molecule has 1 saturated heterocycles. The number of carbonyl (C=O) groups excluding carboxylic acids is 7. The van der Waals surface area contributed by atoms with Gasteiger partial charge in [-0.3, -0.25) is 29.1 Å². The standard InChI is InChI=1S/C45H48N2O17/c1-22-23(2)38(52)62-35-32(51)36(63-40(54)28-15-11-17-46-19-28)44(21-57-24(3)48)37(60-26(5)50)33(59-25(4)49)30-34(61-39(53)27-13-9-8-10-14-27)45(44,43(35,7)56)64-42(30,6)20-58-41(55)29-16-12-18-47-31(22)29/h8-19,22-23,30,32-37,51,56H,20-21H2,1-7H3/t22-,23+,30?,32+,33+,34+,35-,36+,37+,42+,43-,44+,45-/m0/s1. The third-order valence-electron chi connectivity index (χ3n) is 12.9. The minimum Gasteiger partial charge on any atom is -0.465 e. The number of aromatic nitrogens is 2. The van der Waals surface area contributed by atoms with Crippen molar-refractivity contribution in [3.8, 4) is 0 Å². The zero-order valence-electron chi connectivity index (χ0n) is 36.0. The Morgan fingerprint density at radius 1 is 0.781 bits per heavy atom. The smallest absolute Gasteiger partial charge is 0.340 e. The Morgan fingerprint density at radius 3 is 2.06 bits per heavy atom. The summed E-state index contributed by atoms with van der Waals surface area (Å²) in [6.07, 6.45) is -8.80. The highest BCUT2D eigenvalue weighted by Crippen LogP contribution is 2.70. The molecule has 2 aliphatic carbocycles. The van der Waals surface area contributed by atoms with Crippen molar-refractivity contribution < 1.29 is 81.7 Å². The van der Waals surface area contributed by atoms with Crippen molar-refractivity contribution in [2.24, 2.45) is 17.3 Å². The zero-order valence-corrected chi connectivity index (χ0v) is 36.0. The second-order valence-electron chi connectivity index (χ2n) is 16.9. The highest BCUT2D eigenvalue weighted by molar-refractivity contribution is 5.92. The predicted octanol–water partition coefficient (Wildman–Crippen LogP) is 2.45. The number of esters is 7. The van der Waals surface area contributed by atoms with Crippen molar-refractivity contribution >= 4 is 41.8 Å². The second kappa shape index (κ2) is 17.0. The molecule has 2 aromatic heterocycles. The molecule has 3 fully saturated rings. The number of rotatable bonds is 8. The average Bonchev–Trinajstić information content (AvgIpc) is 3.49. The van der Waals surface area contributed by atoms with Gasteiger partial charge < -0.3 is 48.1 Å². The molecule has 0 amide bonds. The van der Waals surface area contributed by atoms with Gasteiger partial charge in [0.25, 0.3) is 0 Å². The lowest BCUT2D eigenvalue weighted by Crippen LogP contribution is -2.89. The lowest BCUT2D eigenvalue weighted by atomic mass is 9.45. The zero-order chi connectivity index (χ0) is 46.5. The number of pyridine rings is 2. The van der Waals surface area contributed by atoms with Gasteiger partial charge in [0.1, 0.15) is 54.2 Å². The van der Waals surface area contributed by atoms with E-state index in [-0.39, 0.29) is 22.4 Å². The molecule has 0 radical (unpaired) electrons. The third-order valence-corrected chi connectivity index (χ3v) is 12.9. The van der Waals surface area contributed by atoms with E-state index < -0.39 is 132 Å². The van der Waals surface area contributed by atoms with E-state index in [1.165, 1.54) is 62.6 Å². The van der Waals surface area contributed by atoms with Gasteiger partial charge in [0.05, 0.1) is 34.2 Å².